The monoisotopic (exact) mass is 555 g/mol. The molecule has 0 bridgehead atoms. The minimum absolute atomic E-state index is 0.0440. The lowest BCUT2D eigenvalue weighted by Crippen LogP contribution is -2.37. The van der Waals surface area contributed by atoms with Gasteiger partial charge in [0.05, 0.1) is 23.6 Å². The molecule has 0 aliphatic carbocycles. The number of carbonyl (C=O) groups is 2. The number of nitrogens with one attached hydrogen (secondary N) is 3. The molecule has 0 radical (unpaired) electrons. The standard InChI is InChI=1S/C29H38ClN5O4/c1-7-39-23-14-13-20(30)15-22(23)27(37)32-18-29(3,4)16-24(36)33-25-26(19(2)17-31-5)34(6)35(28(25)38)21-11-9-8-10-12-21/h8-15,19,31H,7,16-18H2,1-6H3,(H,32,37)(H,33,36). The maximum Gasteiger partial charge on any atom is 0.295 e. The van der Waals surface area contributed by atoms with Crippen LogP contribution in [-0.2, 0) is 11.8 Å². The maximum atomic E-state index is 13.5. The number of amides is 2. The van der Waals surface area contributed by atoms with Gasteiger partial charge in [0.25, 0.3) is 11.5 Å². The number of para-hydroxylation sites is 1. The molecule has 0 aliphatic heterocycles. The molecule has 210 valence electrons. The smallest absolute Gasteiger partial charge is 0.295 e. The van der Waals surface area contributed by atoms with E-state index in [1.54, 1.807) is 27.6 Å². The molecule has 2 aromatic carbocycles. The summed E-state index contributed by atoms with van der Waals surface area (Å²) in [6.07, 6.45) is 0.0840. The van der Waals surface area contributed by atoms with Gasteiger partial charge in [-0.3, -0.25) is 19.1 Å². The normalized spacial score (nSPS) is 12.2. The minimum atomic E-state index is -0.603. The first-order chi connectivity index (χ1) is 18.5. The lowest BCUT2D eigenvalue weighted by molar-refractivity contribution is -0.118. The van der Waals surface area contributed by atoms with E-state index in [0.717, 1.165) is 5.69 Å². The van der Waals surface area contributed by atoms with Crippen LogP contribution in [0.3, 0.4) is 0 Å². The summed E-state index contributed by atoms with van der Waals surface area (Å²) in [4.78, 5) is 39.7. The first kappa shape index (κ1) is 30.0. The van der Waals surface area contributed by atoms with Gasteiger partial charge in [0.15, 0.2) is 0 Å². The number of carbonyl (C=O) groups excluding carboxylic acids is 2. The van der Waals surface area contributed by atoms with E-state index in [1.165, 1.54) is 0 Å². The molecule has 1 heterocycles. The van der Waals surface area contributed by atoms with Crippen LogP contribution < -0.4 is 26.2 Å². The topological polar surface area (TPSA) is 106 Å². The number of hydrogen-bond acceptors (Lipinski definition) is 5. The Labute approximate surface area is 234 Å². The van der Waals surface area contributed by atoms with Gasteiger partial charge in [-0.05, 0) is 49.7 Å². The van der Waals surface area contributed by atoms with Gasteiger partial charge in [0.2, 0.25) is 5.91 Å². The Balaban J connectivity index is 1.78. The fourth-order valence-electron chi connectivity index (χ4n) is 4.62. The molecule has 39 heavy (non-hydrogen) atoms. The number of nitrogens with zero attached hydrogens (tertiary/aromatic N) is 2. The second-order valence-corrected chi connectivity index (χ2v) is 10.8. The van der Waals surface area contributed by atoms with Crippen LogP contribution >= 0.6 is 11.6 Å². The minimum Gasteiger partial charge on any atom is -0.493 e. The van der Waals surface area contributed by atoms with Crippen LogP contribution in [0.25, 0.3) is 5.69 Å². The molecule has 0 fully saturated rings. The molecule has 0 aliphatic rings. The second kappa shape index (κ2) is 13.0. The van der Waals surface area contributed by atoms with E-state index in [2.05, 4.69) is 16.0 Å². The highest BCUT2D eigenvalue weighted by molar-refractivity contribution is 6.31. The van der Waals surface area contributed by atoms with Crippen LogP contribution in [0.2, 0.25) is 5.02 Å². The second-order valence-electron chi connectivity index (χ2n) is 10.3. The zero-order valence-electron chi connectivity index (χ0n) is 23.4. The summed E-state index contributed by atoms with van der Waals surface area (Å²) in [7, 11) is 3.66. The third-order valence-corrected chi connectivity index (χ3v) is 6.64. The van der Waals surface area contributed by atoms with Gasteiger partial charge in [-0.2, -0.15) is 0 Å². The zero-order chi connectivity index (χ0) is 28.7. The lowest BCUT2D eigenvalue weighted by Gasteiger charge is -2.25. The molecule has 1 unspecified atom stereocenters. The van der Waals surface area contributed by atoms with Crippen molar-refractivity contribution in [2.75, 3.05) is 32.1 Å². The van der Waals surface area contributed by atoms with Gasteiger partial charge in [0.1, 0.15) is 11.4 Å². The van der Waals surface area contributed by atoms with Crippen molar-refractivity contribution < 1.29 is 14.3 Å². The number of benzene rings is 2. The van der Waals surface area contributed by atoms with Crippen molar-refractivity contribution in [1.29, 1.82) is 0 Å². The summed E-state index contributed by atoms with van der Waals surface area (Å²) in [5.41, 5.74) is 1.12. The van der Waals surface area contributed by atoms with Crippen LogP contribution in [0, 0.1) is 5.41 Å². The zero-order valence-corrected chi connectivity index (χ0v) is 24.2. The number of likely N-dealkylation sites (N-methyl/N-ethyl adjacent to an activating group) is 1. The Morgan fingerprint density at radius 3 is 2.46 bits per heavy atom. The highest BCUT2D eigenvalue weighted by Crippen LogP contribution is 2.27. The van der Waals surface area contributed by atoms with E-state index in [4.69, 9.17) is 16.3 Å². The Morgan fingerprint density at radius 2 is 1.82 bits per heavy atom. The fraction of sp³-hybridized carbons (Fsp3) is 0.414. The van der Waals surface area contributed by atoms with Crippen LogP contribution in [0.4, 0.5) is 5.69 Å². The van der Waals surface area contributed by atoms with Crippen molar-refractivity contribution in [2.45, 2.75) is 40.0 Å². The van der Waals surface area contributed by atoms with Crippen LogP contribution in [0.1, 0.15) is 56.1 Å². The largest absolute Gasteiger partial charge is 0.493 e. The summed E-state index contributed by atoms with van der Waals surface area (Å²) in [6.45, 7) is 8.86. The number of rotatable bonds is 12. The van der Waals surface area contributed by atoms with E-state index >= 15 is 0 Å². The Morgan fingerprint density at radius 1 is 1.13 bits per heavy atom. The number of aromatic nitrogens is 2. The van der Waals surface area contributed by atoms with Gasteiger partial charge in [-0.15, -0.1) is 0 Å². The van der Waals surface area contributed by atoms with Crippen molar-refractivity contribution >= 4 is 29.1 Å². The third-order valence-electron chi connectivity index (χ3n) is 6.41. The van der Waals surface area contributed by atoms with Gasteiger partial charge in [-0.1, -0.05) is 50.6 Å². The molecule has 0 saturated carbocycles. The Bertz CT molecular complexity index is 1360. The molecule has 3 aromatic rings. The number of hydrogen-bond donors (Lipinski definition) is 3. The summed E-state index contributed by atoms with van der Waals surface area (Å²) < 4.78 is 8.91. The molecule has 10 heteroatoms. The van der Waals surface area contributed by atoms with E-state index in [9.17, 15) is 14.4 Å². The SMILES string of the molecule is CCOc1ccc(Cl)cc1C(=O)NCC(C)(C)CC(=O)Nc1c(C(C)CNC)n(C)n(-c2ccccc2)c1=O. The summed E-state index contributed by atoms with van der Waals surface area (Å²) in [5, 5.41) is 9.35. The average Bonchev–Trinajstić information content (AvgIpc) is 3.12. The third kappa shape index (κ3) is 7.30. The molecule has 0 spiro atoms. The maximum absolute atomic E-state index is 13.5. The van der Waals surface area contributed by atoms with E-state index in [0.29, 0.717) is 35.2 Å². The predicted molar refractivity (Wildman–Crippen MR) is 155 cm³/mol. The first-order valence-corrected chi connectivity index (χ1v) is 13.4. The van der Waals surface area contributed by atoms with Gasteiger partial charge in [-0.25, -0.2) is 4.68 Å². The van der Waals surface area contributed by atoms with Crippen molar-refractivity contribution in [3.05, 3.63) is 75.2 Å². The van der Waals surface area contributed by atoms with Crippen LogP contribution in [0.5, 0.6) is 5.75 Å². The molecule has 3 N–H and O–H groups in total. The Kier molecular flexibility index (Phi) is 9.99. The molecule has 2 amide bonds. The quantitative estimate of drug-likeness (QED) is 0.308. The molecule has 9 nitrogen and oxygen atoms in total. The molecule has 3 rings (SSSR count). The average molecular weight is 556 g/mol. The highest BCUT2D eigenvalue weighted by Gasteiger charge is 2.28. The van der Waals surface area contributed by atoms with Crippen molar-refractivity contribution in [3.63, 3.8) is 0 Å². The molecule has 1 aromatic heterocycles. The van der Waals surface area contributed by atoms with E-state index in [1.807, 2.05) is 72.1 Å². The number of ether oxygens (including phenoxy) is 1. The summed E-state index contributed by atoms with van der Waals surface area (Å²) >= 11 is 6.09. The van der Waals surface area contributed by atoms with Gasteiger partial charge < -0.3 is 20.7 Å². The summed E-state index contributed by atoms with van der Waals surface area (Å²) in [5.74, 6) is -0.256. The van der Waals surface area contributed by atoms with Crippen LogP contribution in [0.15, 0.2) is 53.3 Å². The number of halogens is 1. The fourth-order valence-corrected chi connectivity index (χ4v) is 4.80. The van der Waals surface area contributed by atoms with Crippen LogP contribution in [-0.4, -0.2) is 47.9 Å². The molecular weight excluding hydrogens is 518 g/mol. The van der Waals surface area contributed by atoms with Crippen molar-refractivity contribution in [3.8, 4) is 11.4 Å². The molecule has 1 atom stereocenters. The highest BCUT2D eigenvalue weighted by atomic mass is 35.5. The van der Waals surface area contributed by atoms with Gasteiger partial charge >= 0.3 is 0 Å². The van der Waals surface area contributed by atoms with Gasteiger partial charge in [0, 0.05) is 37.5 Å². The Hall–Kier alpha value is -3.56. The lowest BCUT2D eigenvalue weighted by atomic mass is 9.88. The predicted octanol–water partition coefficient (Wildman–Crippen LogP) is 4.34. The number of anilines is 1. The molecular formula is C29H38ClN5O4. The van der Waals surface area contributed by atoms with E-state index in [-0.39, 0.29) is 41.9 Å². The first-order valence-electron chi connectivity index (χ1n) is 13.0. The van der Waals surface area contributed by atoms with Crippen molar-refractivity contribution in [1.82, 2.24) is 20.0 Å². The van der Waals surface area contributed by atoms with E-state index < -0.39 is 5.41 Å². The molecule has 0 saturated heterocycles. The summed E-state index contributed by atoms with van der Waals surface area (Å²) in [6, 6.07) is 14.2. The van der Waals surface area contributed by atoms with Crippen molar-refractivity contribution in [2.24, 2.45) is 12.5 Å².